The minimum absolute atomic E-state index is 0.0884. The number of ether oxygens (including phenoxy) is 1. The third-order valence-electron chi connectivity index (χ3n) is 4.90. The molecule has 2 aliphatic heterocycles. The number of nitro benzene ring substituents is 1. The van der Waals surface area contributed by atoms with Gasteiger partial charge < -0.3 is 9.64 Å². The summed E-state index contributed by atoms with van der Waals surface area (Å²) in [6, 6.07) is 5.04. The standard InChI is InChI=1S/C17H18N2O9S2/c1-9(28-30(24,25)26)14-12-7-13(29-2)15(18(12)16(14)20)17(21)27-8-10-3-5-11(6-4-10)19(22)23/h3-6,9,12,14H,7-8H2,1-2H3,(H,24,25,26)/t9-,12+,14-/m0/s1. The molecule has 1 aromatic rings. The maximum Gasteiger partial charge on any atom is 0.397 e. The lowest BCUT2D eigenvalue weighted by atomic mass is 9.83. The highest BCUT2D eigenvalue weighted by Gasteiger charge is 2.58. The smallest absolute Gasteiger partial charge is 0.397 e. The van der Waals surface area contributed by atoms with E-state index in [1.165, 1.54) is 47.9 Å². The van der Waals surface area contributed by atoms with Crippen LogP contribution in [-0.4, -0.2) is 53.1 Å². The highest BCUT2D eigenvalue weighted by atomic mass is 32.3. The van der Waals surface area contributed by atoms with Crippen LogP contribution < -0.4 is 0 Å². The second-order valence-corrected chi connectivity index (χ2v) is 8.66. The van der Waals surface area contributed by atoms with Crippen molar-refractivity contribution in [2.24, 2.45) is 5.92 Å². The molecule has 0 aromatic heterocycles. The fraction of sp³-hybridized carbons (Fsp3) is 0.412. The van der Waals surface area contributed by atoms with Crippen molar-refractivity contribution < 1.29 is 36.4 Å². The number of hydrogen-bond donors (Lipinski definition) is 1. The van der Waals surface area contributed by atoms with Crippen LogP contribution in [0.4, 0.5) is 5.69 Å². The Kier molecular flexibility index (Phi) is 6.17. The number of benzene rings is 1. The van der Waals surface area contributed by atoms with Crippen molar-refractivity contribution in [3.8, 4) is 0 Å². The lowest BCUT2D eigenvalue weighted by molar-refractivity contribution is -0.384. The molecule has 3 rings (SSSR count). The van der Waals surface area contributed by atoms with Crippen LogP contribution in [0.15, 0.2) is 34.9 Å². The first-order chi connectivity index (χ1) is 14.0. The molecule has 0 bridgehead atoms. The second kappa shape index (κ2) is 8.34. The number of β-lactam (4-membered cyclic amide) rings is 1. The summed E-state index contributed by atoms with van der Waals surface area (Å²) in [6.45, 7) is 1.22. The Labute approximate surface area is 176 Å². The molecule has 3 atom stereocenters. The molecule has 2 aliphatic rings. The van der Waals surface area contributed by atoms with E-state index in [1.54, 1.807) is 6.26 Å². The fourth-order valence-corrected chi connectivity index (χ4v) is 4.79. The van der Waals surface area contributed by atoms with Crippen molar-refractivity contribution in [2.75, 3.05) is 6.26 Å². The largest absolute Gasteiger partial charge is 0.456 e. The third-order valence-corrected chi connectivity index (χ3v) is 6.30. The van der Waals surface area contributed by atoms with Gasteiger partial charge in [-0.25, -0.2) is 8.98 Å². The van der Waals surface area contributed by atoms with Gasteiger partial charge in [-0.1, -0.05) is 0 Å². The summed E-state index contributed by atoms with van der Waals surface area (Å²) in [5.74, 6) is -2.05. The minimum atomic E-state index is -4.72. The fourth-order valence-electron chi connectivity index (χ4n) is 3.57. The average Bonchev–Trinajstić information content (AvgIpc) is 2.99. The van der Waals surface area contributed by atoms with Crippen LogP contribution in [0.3, 0.4) is 0 Å². The van der Waals surface area contributed by atoms with E-state index in [2.05, 4.69) is 4.18 Å². The maximum absolute atomic E-state index is 12.6. The Balaban J connectivity index is 1.68. The number of nitrogens with zero attached hydrogens (tertiary/aromatic N) is 2. The molecule has 0 spiro atoms. The molecule has 1 amide bonds. The van der Waals surface area contributed by atoms with Gasteiger partial charge in [0, 0.05) is 23.5 Å². The molecule has 2 heterocycles. The van der Waals surface area contributed by atoms with Crippen LogP contribution in [0.25, 0.3) is 0 Å². The molecular weight excluding hydrogens is 440 g/mol. The number of amides is 1. The van der Waals surface area contributed by atoms with E-state index in [-0.39, 0.29) is 18.0 Å². The van der Waals surface area contributed by atoms with Gasteiger partial charge in [-0.15, -0.1) is 11.8 Å². The number of non-ortho nitro benzene ring substituents is 1. The Bertz CT molecular complexity index is 1020. The van der Waals surface area contributed by atoms with Gasteiger partial charge in [-0.3, -0.25) is 19.5 Å². The molecule has 13 heteroatoms. The number of rotatable bonds is 8. The van der Waals surface area contributed by atoms with E-state index < -0.39 is 45.3 Å². The molecule has 0 saturated carbocycles. The molecule has 0 unspecified atom stereocenters. The predicted octanol–water partition coefficient (Wildman–Crippen LogP) is 1.65. The van der Waals surface area contributed by atoms with Gasteiger partial charge in [-0.05, 0) is 30.9 Å². The molecule has 1 saturated heterocycles. The van der Waals surface area contributed by atoms with Crippen molar-refractivity contribution in [3.05, 3.63) is 50.5 Å². The zero-order valence-electron chi connectivity index (χ0n) is 15.9. The third kappa shape index (κ3) is 4.33. The summed E-state index contributed by atoms with van der Waals surface area (Å²) < 4.78 is 40.5. The lowest BCUT2D eigenvalue weighted by Crippen LogP contribution is -2.62. The van der Waals surface area contributed by atoms with E-state index in [4.69, 9.17) is 9.29 Å². The summed E-state index contributed by atoms with van der Waals surface area (Å²) in [7, 11) is -4.72. The Morgan fingerprint density at radius 2 is 2.03 bits per heavy atom. The molecule has 11 nitrogen and oxygen atoms in total. The van der Waals surface area contributed by atoms with Gasteiger partial charge in [0.05, 0.1) is 23.0 Å². The zero-order chi connectivity index (χ0) is 22.2. The average molecular weight is 458 g/mol. The van der Waals surface area contributed by atoms with E-state index in [1.807, 2.05) is 0 Å². The first-order valence-corrected chi connectivity index (χ1v) is 11.3. The van der Waals surface area contributed by atoms with E-state index in [0.717, 1.165) is 0 Å². The predicted molar refractivity (Wildman–Crippen MR) is 104 cm³/mol. The van der Waals surface area contributed by atoms with Crippen LogP contribution in [0.2, 0.25) is 0 Å². The molecule has 1 fully saturated rings. The summed E-state index contributed by atoms with van der Waals surface area (Å²) in [4.78, 5) is 37.3. The molecule has 0 aliphatic carbocycles. The summed E-state index contributed by atoms with van der Waals surface area (Å²) in [5, 5.41) is 10.7. The van der Waals surface area contributed by atoms with Crippen LogP contribution >= 0.6 is 11.8 Å². The molecule has 30 heavy (non-hydrogen) atoms. The van der Waals surface area contributed by atoms with Crippen molar-refractivity contribution in [3.63, 3.8) is 0 Å². The van der Waals surface area contributed by atoms with Crippen LogP contribution in [0.1, 0.15) is 18.9 Å². The van der Waals surface area contributed by atoms with Gasteiger partial charge in [0.2, 0.25) is 5.91 Å². The Morgan fingerprint density at radius 1 is 1.40 bits per heavy atom. The number of esters is 1. The molecule has 1 N–H and O–H groups in total. The van der Waals surface area contributed by atoms with Crippen molar-refractivity contribution in [2.45, 2.75) is 32.1 Å². The van der Waals surface area contributed by atoms with Gasteiger partial charge in [0.15, 0.2) is 0 Å². The van der Waals surface area contributed by atoms with E-state index in [0.29, 0.717) is 16.9 Å². The van der Waals surface area contributed by atoms with Crippen molar-refractivity contribution >= 4 is 39.7 Å². The minimum Gasteiger partial charge on any atom is -0.456 e. The topological polar surface area (TPSA) is 153 Å². The monoisotopic (exact) mass is 458 g/mol. The number of carbonyl (C=O) groups is 2. The summed E-state index contributed by atoms with van der Waals surface area (Å²) in [5.41, 5.74) is 0.544. The van der Waals surface area contributed by atoms with E-state index in [9.17, 15) is 28.1 Å². The van der Waals surface area contributed by atoms with Gasteiger partial charge in [-0.2, -0.15) is 8.42 Å². The summed E-state index contributed by atoms with van der Waals surface area (Å²) in [6.07, 6.45) is 0.980. The quantitative estimate of drug-likeness (QED) is 0.200. The van der Waals surface area contributed by atoms with Crippen LogP contribution in [0.5, 0.6) is 0 Å². The Hall–Kier alpha value is -2.48. The number of carbonyl (C=O) groups excluding carboxylic acids is 2. The van der Waals surface area contributed by atoms with Crippen LogP contribution in [0, 0.1) is 16.0 Å². The maximum atomic E-state index is 12.6. The number of nitro groups is 1. The number of thioether (sulfide) groups is 1. The number of fused-ring (bicyclic) bond motifs is 1. The lowest BCUT2D eigenvalue weighted by Gasteiger charge is -2.45. The molecule has 1 aromatic carbocycles. The van der Waals surface area contributed by atoms with E-state index >= 15 is 0 Å². The van der Waals surface area contributed by atoms with Crippen LogP contribution in [-0.2, 0) is 35.5 Å². The molecule has 0 radical (unpaired) electrons. The normalized spacial score (nSPS) is 21.8. The Morgan fingerprint density at radius 3 is 2.57 bits per heavy atom. The molecular formula is C17H18N2O9S2. The van der Waals surface area contributed by atoms with Gasteiger partial charge >= 0.3 is 16.4 Å². The first kappa shape index (κ1) is 22.2. The van der Waals surface area contributed by atoms with Crippen molar-refractivity contribution in [1.29, 1.82) is 0 Å². The molecule has 162 valence electrons. The highest BCUT2D eigenvalue weighted by Crippen LogP contribution is 2.47. The van der Waals surface area contributed by atoms with Crippen molar-refractivity contribution in [1.82, 2.24) is 4.90 Å². The number of hydrogen-bond acceptors (Lipinski definition) is 9. The zero-order valence-corrected chi connectivity index (χ0v) is 17.5. The SMILES string of the molecule is CSC1=C(C(=O)OCc2ccc([N+](=O)[O-])cc2)N2C(=O)[C@@H]([C@H](C)OS(=O)(=O)O)[C@H]2C1. The van der Waals surface area contributed by atoms with Gasteiger partial charge in [0.25, 0.3) is 5.69 Å². The highest BCUT2D eigenvalue weighted by molar-refractivity contribution is 8.02. The van der Waals surface area contributed by atoms with Gasteiger partial charge in [0.1, 0.15) is 12.3 Å². The summed E-state index contributed by atoms with van der Waals surface area (Å²) >= 11 is 1.27. The first-order valence-electron chi connectivity index (χ1n) is 8.70. The second-order valence-electron chi connectivity index (χ2n) is 6.71.